The van der Waals surface area contributed by atoms with E-state index in [4.69, 9.17) is 0 Å². The fourth-order valence-electron chi connectivity index (χ4n) is 5.67. The number of aliphatic hydroxyl groups excluding tert-OH is 2. The third-order valence-electron chi connectivity index (χ3n) is 7.72. The lowest BCUT2D eigenvalue weighted by Crippen LogP contribution is -2.54. The second kappa shape index (κ2) is 21.4. The summed E-state index contributed by atoms with van der Waals surface area (Å²) in [5.74, 6) is 0. The van der Waals surface area contributed by atoms with Crippen LogP contribution in [0.25, 0.3) is 0 Å². The molecular formula is C31H58NO2+. The number of aliphatic hydroxyl groups is 2. The maximum atomic E-state index is 10.0. The van der Waals surface area contributed by atoms with E-state index in [0.717, 1.165) is 30.5 Å². The first-order valence-electron chi connectivity index (χ1n) is 14.9. The Bertz CT molecular complexity index is 542. The minimum atomic E-state index is 0.192. The zero-order valence-electron chi connectivity index (χ0n) is 22.9. The van der Waals surface area contributed by atoms with Crippen molar-refractivity contribution in [1.82, 2.24) is 0 Å². The van der Waals surface area contributed by atoms with Gasteiger partial charge in [0.2, 0.25) is 0 Å². The molecule has 0 fully saturated rings. The number of hydrogen-bond donors (Lipinski definition) is 2. The summed E-state index contributed by atoms with van der Waals surface area (Å²) in [4.78, 5) is 0. The van der Waals surface area contributed by atoms with Crippen LogP contribution >= 0.6 is 0 Å². The van der Waals surface area contributed by atoms with Gasteiger partial charge in [0.05, 0.1) is 19.8 Å². The third-order valence-corrected chi connectivity index (χ3v) is 7.72. The van der Waals surface area contributed by atoms with Crippen molar-refractivity contribution >= 4 is 0 Å². The van der Waals surface area contributed by atoms with Crippen LogP contribution < -0.4 is 0 Å². The number of rotatable bonds is 24. The lowest BCUT2D eigenvalue weighted by molar-refractivity contribution is -0.958. The van der Waals surface area contributed by atoms with E-state index < -0.39 is 0 Å². The van der Waals surface area contributed by atoms with E-state index in [-0.39, 0.29) is 13.2 Å². The smallest absolute Gasteiger partial charge is 0.115 e. The molecule has 0 bridgehead atoms. The summed E-state index contributed by atoms with van der Waals surface area (Å²) in [6, 6.07) is 11.3. The zero-order valence-corrected chi connectivity index (χ0v) is 22.9. The molecule has 198 valence electrons. The topological polar surface area (TPSA) is 40.5 Å². The van der Waals surface area contributed by atoms with Crippen molar-refractivity contribution in [2.45, 2.75) is 129 Å². The first kappa shape index (κ1) is 31.1. The minimum Gasteiger partial charge on any atom is -0.391 e. The Morgan fingerprint density at radius 3 is 1.47 bits per heavy atom. The van der Waals surface area contributed by atoms with E-state index in [1.807, 2.05) is 0 Å². The first-order chi connectivity index (χ1) is 16.7. The monoisotopic (exact) mass is 476 g/mol. The number of quaternary nitrogens is 1. The average molecular weight is 477 g/mol. The van der Waals surface area contributed by atoms with Crippen LogP contribution in [0, 0.1) is 0 Å². The summed E-state index contributed by atoms with van der Waals surface area (Å²) in [6.07, 6.45) is 22.4. The highest BCUT2D eigenvalue weighted by Gasteiger charge is 2.36. The highest BCUT2D eigenvalue weighted by Crippen LogP contribution is 2.34. The van der Waals surface area contributed by atoms with Gasteiger partial charge in [0.1, 0.15) is 19.1 Å². The van der Waals surface area contributed by atoms with Crippen LogP contribution in [0.15, 0.2) is 30.3 Å². The molecule has 1 atom stereocenters. The first-order valence-corrected chi connectivity index (χ1v) is 14.9. The predicted octanol–water partition coefficient (Wildman–Crippen LogP) is 8.20. The van der Waals surface area contributed by atoms with Gasteiger partial charge in [-0.15, -0.1) is 0 Å². The Morgan fingerprint density at radius 2 is 1.00 bits per heavy atom. The minimum absolute atomic E-state index is 0.192. The Balaban J connectivity index is 2.69. The Kier molecular flexibility index (Phi) is 19.6. The highest BCUT2D eigenvalue weighted by molar-refractivity contribution is 5.17. The summed E-state index contributed by atoms with van der Waals surface area (Å²) >= 11 is 0. The number of nitrogens with zero attached hydrogens (tertiary/aromatic N) is 1. The summed E-state index contributed by atoms with van der Waals surface area (Å²) in [6.45, 7) is 7.48. The molecule has 1 rings (SSSR count). The van der Waals surface area contributed by atoms with Gasteiger partial charge >= 0.3 is 0 Å². The fourth-order valence-corrected chi connectivity index (χ4v) is 5.67. The zero-order chi connectivity index (χ0) is 24.7. The Hall–Kier alpha value is -0.900. The van der Waals surface area contributed by atoms with Gasteiger partial charge in [0.25, 0.3) is 0 Å². The maximum Gasteiger partial charge on any atom is 0.115 e. The predicted molar refractivity (Wildman–Crippen MR) is 148 cm³/mol. The molecule has 3 heteroatoms. The standard InChI is InChI=1S/C31H58NO2/c1-3-5-7-9-11-12-13-14-15-20-24-31(30-22-18-17-19-23-30)32(26-28-33,27-29-34)25-21-16-10-8-6-4-2/h17-19,22-23,31,33-34H,3-16,20-21,24-29H2,1-2H3/q+1. The molecule has 0 saturated carbocycles. The number of benzene rings is 1. The van der Waals surface area contributed by atoms with E-state index in [1.165, 1.54) is 108 Å². The highest BCUT2D eigenvalue weighted by atomic mass is 16.3. The van der Waals surface area contributed by atoms with Crippen LogP contribution in [-0.4, -0.2) is 47.5 Å². The van der Waals surface area contributed by atoms with E-state index >= 15 is 0 Å². The van der Waals surface area contributed by atoms with Crippen molar-refractivity contribution < 1.29 is 14.7 Å². The van der Waals surface area contributed by atoms with Crippen LogP contribution in [0.1, 0.15) is 135 Å². The van der Waals surface area contributed by atoms with E-state index in [9.17, 15) is 10.2 Å². The van der Waals surface area contributed by atoms with Crippen molar-refractivity contribution in [3.05, 3.63) is 35.9 Å². The molecule has 34 heavy (non-hydrogen) atoms. The fraction of sp³-hybridized carbons (Fsp3) is 0.806. The van der Waals surface area contributed by atoms with Crippen molar-refractivity contribution in [2.24, 2.45) is 0 Å². The molecule has 0 heterocycles. The molecule has 0 amide bonds. The van der Waals surface area contributed by atoms with Gasteiger partial charge in [-0.2, -0.15) is 0 Å². The number of unbranched alkanes of at least 4 members (excludes halogenated alkanes) is 14. The molecular weight excluding hydrogens is 418 g/mol. The Labute approximate surface area is 212 Å². The van der Waals surface area contributed by atoms with Gasteiger partial charge < -0.3 is 14.7 Å². The van der Waals surface area contributed by atoms with Crippen LogP contribution in [0.4, 0.5) is 0 Å². The molecule has 0 aliphatic rings. The SMILES string of the molecule is CCCCCCCCCCCCC(c1ccccc1)[N+](CCO)(CCO)CCCCCCCC. The summed E-state index contributed by atoms with van der Waals surface area (Å²) in [7, 11) is 0. The van der Waals surface area contributed by atoms with Crippen molar-refractivity contribution in [2.75, 3.05) is 32.8 Å². The molecule has 0 aliphatic heterocycles. The second-order valence-electron chi connectivity index (χ2n) is 10.5. The number of hydrogen-bond acceptors (Lipinski definition) is 2. The van der Waals surface area contributed by atoms with Gasteiger partial charge in [-0.05, 0) is 19.3 Å². The van der Waals surface area contributed by atoms with E-state index in [2.05, 4.69) is 44.2 Å². The lowest BCUT2D eigenvalue weighted by Gasteiger charge is -2.45. The molecule has 0 radical (unpaired) electrons. The van der Waals surface area contributed by atoms with Crippen molar-refractivity contribution in [3.8, 4) is 0 Å². The summed E-state index contributed by atoms with van der Waals surface area (Å²) < 4.78 is 0.836. The Morgan fingerprint density at radius 1 is 0.559 bits per heavy atom. The van der Waals surface area contributed by atoms with Gasteiger partial charge in [0.15, 0.2) is 0 Å². The lowest BCUT2D eigenvalue weighted by atomic mass is 9.94. The van der Waals surface area contributed by atoms with E-state index in [0.29, 0.717) is 6.04 Å². The van der Waals surface area contributed by atoms with Gasteiger partial charge in [-0.25, -0.2) is 0 Å². The van der Waals surface area contributed by atoms with Crippen molar-refractivity contribution in [1.29, 1.82) is 0 Å². The quantitative estimate of drug-likeness (QED) is 0.117. The molecule has 0 aliphatic carbocycles. The molecule has 0 saturated heterocycles. The summed E-state index contributed by atoms with van der Waals surface area (Å²) in [5.41, 5.74) is 1.38. The second-order valence-corrected chi connectivity index (χ2v) is 10.5. The van der Waals surface area contributed by atoms with Gasteiger partial charge in [0, 0.05) is 12.0 Å². The molecule has 0 spiro atoms. The van der Waals surface area contributed by atoms with Crippen molar-refractivity contribution in [3.63, 3.8) is 0 Å². The maximum absolute atomic E-state index is 10.0. The van der Waals surface area contributed by atoms with Crippen LogP contribution in [-0.2, 0) is 0 Å². The van der Waals surface area contributed by atoms with Crippen LogP contribution in [0.5, 0.6) is 0 Å². The molecule has 1 unspecified atom stereocenters. The normalized spacial score (nSPS) is 12.8. The average Bonchev–Trinajstić information content (AvgIpc) is 2.85. The summed E-state index contributed by atoms with van der Waals surface area (Å²) in [5, 5.41) is 20.1. The van der Waals surface area contributed by atoms with Crippen LogP contribution in [0.3, 0.4) is 0 Å². The third kappa shape index (κ3) is 13.3. The van der Waals surface area contributed by atoms with E-state index in [1.54, 1.807) is 0 Å². The molecule has 0 aromatic heterocycles. The largest absolute Gasteiger partial charge is 0.391 e. The van der Waals surface area contributed by atoms with Crippen LogP contribution in [0.2, 0.25) is 0 Å². The molecule has 1 aromatic carbocycles. The molecule has 3 nitrogen and oxygen atoms in total. The van der Waals surface area contributed by atoms with Gasteiger partial charge in [-0.3, -0.25) is 0 Å². The molecule has 1 aromatic rings. The molecule has 2 N–H and O–H groups in total. The van der Waals surface area contributed by atoms with Gasteiger partial charge in [-0.1, -0.05) is 128 Å².